The van der Waals surface area contributed by atoms with Crippen molar-refractivity contribution >= 4 is 5.78 Å². The van der Waals surface area contributed by atoms with Crippen molar-refractivity contribution in [2.45, 2.75) is 38.5 Å². The fourth-order valence-corrected chi connectivity index (χ4v) is 1.73. The Bertz CT molecular complexity index is 465. The van der Waals surface area contributed by atoms with E-state index in [9.17, 15) is 26.7 Å². The van der Waals surface area contributed by atoms with Crippen molar-refractivity contribution in [2.75, 3.05) is 0 Å². The van der Waals surface area contributed by atoms with E-state index in [2.05, 4.69) is 4.74 Å². The largest absolute Gasteiger partial charge is 0.499 e. The van der Waals surface area contributed by atoms with Crippen molar-refractivity contribution < 1.29 is 31.5 Å². The fraction of sp³-hybridized carbons (Fsp3) is 0.462. The molecule has 0 amide bonds. The van der Waals surface area contributed by atoms with Crippen molar-refractivity contribution in [1.29, 1.82) is 0 Å². The number of benzene rings is 1. The molecule has 0 bridgehead atoms. The third-order valence-electron chi connectivity index (χ3n) is 2.76. The first-order valence-corrected chi connectivity index (χ1v) is 5.82. The molecule has 0 heterocycles. The molecule has 0 fully saturated rings. The zero-order chi connectivity index (χ0) is 15.6. The number of alkyl halides is 5. The minimum absolute atomic E-state index is 0.109. The molecule has 20 heavy (non-hydrogen) atoms. The molecule has 7 heteroatoms. The van der Waals surface area contributed by atoms with Crippen molar-refractivity contribution in [1.82, 2.24) is 0 Å². The highest BCUT2D eigenvalue weighted by Gasteiger charge is 2.61. The Balaban J connectivity index is 2.90. The van der Waals surface area contributed by atoms with E-state index in [0.29, 0.717) is 12.0 Å². The highest BCUT2D eigenvalue weighted by Crippen LogP contribution is 2.37. The molecule has 1 atom stereocenters. The van der Waals surface area contributed by atoms with Crippen LogP contribution >= 0.6 is 0 Å². The lowest BCUT2D eigenvalue weighted by Gasteiger charge is -2.20. The van der Waals surface area contributed by atoms with E-state index in [0.717, 1.165) is 12.1 Å². The van der Waals surface area contributed by atoms with Crippen LogP contribution in [0.25, 0.3) is 0 Å². The van der Waals surface area contributed by atoms with Crippen LogP contribution in [0.2, 0.25) is 0 Å². The minimum atomic E-state index is -5.78. The Morgan fingerprint density at radius 2 is 1.65 bits per heavy atom. The van der Waals surface area contributed by atoms with Crippen molar-refractivity contribution in [3.63, 3.8) is 0 Å². The van der Waals surface area contributed by atoms with Gasteiger partial charge in [0.15, 0.2) is 0 Å². The fourth-order valence-electron chi connectivity index (χ4n) is 1.73. The van der Waals surface area contributed by atoms with Gasteiger partial charge in [0.25, 0.3) is 0 Å². The van der Waals surface area contributed by atoms with Crippen molar-refractivity contribution in [3.05, 3.63) is 29.8 Å². The lowest BCUT2D eigenvalue weighted by Crippen LogP contribution is -2.41. The Kier molecular flexibility index (Phi) is 4.73. The lowest BCUT2D eigenvalue weighted by molar-refractivity contribution is -0.360. The van der Waals surface area contributed by atoms with Crippen LogP contribution < -0.4 is 4.74 Å². The number of rotatable bonds is 5. The van der Waals surface area contributed by atoms with E-state index >= 15 is 0 Å². The minimum Gasteiger partial charge on any atom is -0.426 e. The Hall–Kier alpha value is -1.66. The molecule has 0 aliphatic carbocycles. The molecule has 0 N–H and O–H groups in total. The molecule has 0 spiro atoms. The molecular weight excluding hydrogens is 283 g/mol. The molecule has 0 aliphatic rings. The highest BCUT2D eigenvalue weighted by molar-refractivity contribution is 5.83. The zero-order valence-electron chi connectivity index (χ0n) is 10.8. The number of hydrogen-bond donors (Lipinski definition) is 0. The average Bonchev–Trinajstić information content (AvgIpc) is 2.30. The number of carbonyl (C=O) groups excluding carboxylic acids is 1. The van der Waals surface area contributed by atoms with E-state index in [1.54, 1.807) is 6.92 Å². The van der Waals surface area contributed by atoms with Crippen molar-refractivity contribution in [3.8, 4) is 5.75 Å². The second-order valence-corrected chi connectivity index (χ2v) is 4.26. The third kappa shape index (κ3) is 3.68. The first-order valence-electron chi connectivity index (χ1n) is 5.82. The van der Waals surface area contributed by atoms with E-state index in [1.807, 2.05) is 0 Å². The van der Waals surface area contributed by atoms with Crippen LogP contribution in [0.15, 0.2) is 24.3 Å². The van der Waals surface area contributed by atoms with Gasteiger partial charge in [0.1, 0.15) is 11.5 Å². The van der Waals surface area contributed by atoms with Crippen molar-refractivity contribution in [2.24, 2.45) is 0 Å². The second-order valence-electron chi connectivity index (χ2n) is 4.26. The van der Waals surface area contributed by atoms with Gasteiger partial charge in [-0.05, 0) is 31.0 Å². The van der Waals surface area contributed by atoms with Crippen LogP contribution in [0.1, 0.15) is 31.7 Å². The molecule has 0 aromatic heterocycles. The monoisotopic (exact) mass is 296 g/mol. The summed E-state index contributed by atoms with van der Waals surface area (Å²) in [5.74, 6) is -1.14. The van der Waals surface area contributed by atoms with E-state index in [4.69, 9.17) is 0 Å². The zero-order valence-corrected chi connectivity index (χ0v) is 10.8. The summed E-state index contributed by atoms with van der Waals surface area (Å²) in [6, 6.07) is 4.58. The number of hydrogen-bond acceptors (Lipinski definition) is 2. The number of ether oxygens (including phenoxy) is 1. The summed E-state index contributed by atoms with van der Waals surface area (Å²) in [6.45, 7) is 3.16. The Morgan fingerprint density at radius 3 is 2.00 bits per heavy atom. The van der Waals surface area contributed by atoms with Gasteiger partial charge in [-0.3, -0.25) is 4.79 Å². The quantitative estimate of drug-likeness (QED) is 0.757. The van der Waals surface area contributed by atoms with Gasteiger partial charge < -0.3 is 4.74 Å². The van der Waals surface area contributed by atoms with Gasteiger partial charge >= 0.3 is 12.3 Å². The van der Waals surface area contributed by atoms with Gasteiger partial charge in [-0.2, -0.15) is 22.0 Å². The van der Waals surface area contributed by atoms with Crippen LogP contribution in [0, 0.1) is 0 Å². The number of halogens is 5. The van der Waals surface area contributed by atoms with Crippen LogP contribution in [-0.4, -0.2) is 18.1 Å². The first-order chi connectivity index (χ1) is 9.08. The molecular formula is C13H13F5O2. The predicted molar refractivity (Wildman–Crippen MR) is 61.8 cm³/mol. The van der Waals surface area contributed by atoms with Crippen LogP contribution in [0.3, 0.4) is 0 Å². The topological polar surface area (TPSA) is 26.3 Å². The molecule has 1 aromatic rings. The number of ketones is 1. The summed E-state index contributed by atoms with van der Waals surface area (Å²) in [6.07, 6.45) is -10.5. The van der Waals surface area contributed by atoms with E-state index in [1.165, 1.54) is 19.1 Å². The summed E-state index contributed by atoms with van der Waals surface area (Å²) in [4.78, 5) is 11.3. The SMILES string of the molecule is CCC(C(C)=O)c1ccc(OC(F)(F)C(F)(F)F)cc1. The maximum absolute atomic E-state index is 12.7. The maximum Gasteiger partial charge on any atom is 0.499 e. The van der Waals surface area contributed by atoms with Gasteiger partial charge in [-0.25, -0.2) is 0 Å². The van der Waals surface area contributed by atoms with E-state index < -0.39 is 24.0 Å². The molecule has 0 saturated heterocycles. The lowest BCUT2D eigenvalue weighted by atomic mass is 9.93. The second kappa shape index (κ2) is 5.76. The molecule has 0 aliphatic heterocycles. The van der Waals surface area contributed by atoms with Gasteiger partial charge in [0.05, 0.1) is 0 Å². The van der Waals surface area contributed by atoms with Crippen LogP contribution in [0.4, 0.5) is 22.0 Å². The van der Waals surface area contributed by atoms with Crippen LogP contribution in [0.5, 0.6) is 5.75 Å². The van der Waals surface area contributed by atoms with Gasteiger partial charge in [-0.1, -0.05) is 19.1 Å². The predicted octanol–water partition coefficient (Wildman–Crippen LogP) is 4.30. The normalized spacial score (nSPS) is 13.9. The van der Waals surface area contributed by atoms with Gasteiger partial charge in [0.2, 0.25) is 0 Å². The standard InChI is InChI=1S/C13H13F5O2/c1-3-11(8(2)19)9-4-6-10(7-5-9)20-13(17,18)12(14,15)16/h4-7,11H,3H2,1-2H3. The molecule has 1 unspecified atom stereocenters. The summed E-state index contributed by atoms with van der Waals surface area (Å²) in [5.41, 5.74) is 0.544. The average molecular weight is 296 g/mol. The molecule has 2 nitrogen and oxygen atoms in total. The summed E-state index contributed by atoms with van der Waals surface area (Å²) < 4.78 is 64.9. The Morgan fingerprint density at radius 1 is 1.15 bits per heavy atom. The van der Waals surface area contributed by atoms with Gasteiger partial charge in [0, 0.05) is 5.92 Å². The van der Waals surface area contributed by atoms with Crippen LogP contribution in [-0.2, 0) is 4.79 Å². The van der Waals surface area contributed by atoms with E-state index in [-0.39, 0.29) is 5.78 Å². The summed E-state index contributed by atoms with van der Waals surface area (Å²) >= 11 is 0. The molecule has 1 rings (SSSR count). The number of carbonyl (C=O) groups is 1. The summed E-state index contributed by atoms with van der Waals surface area (Å²) in [5, 5.41) is 0. The molecule has 0 saturated carbocycles. The third-order valence-corrected chi connectivity index (χ3v) is 2.76. The summed E-state index contributed by atoms with van der Waals surface area (Å²) in [7, 11) is 0. The highest BCUT2D eigenvalue weighted by atomic mass is 19.4. The van der Waals surface area contributed by atoms with Gasteiger partial charge in [-0.15, -0.1) is 0 Å². The number of Topliss-reactive ketones (excluding diaryl/α,β-unsaturated/α-hetero) is 1. The smallest absolute Gasteiger partial charge is 0.426 e. The maximum atomic E-state index is 12.7. The Labute approximate surface area is 112 Å². The first kappa shape index (κ1) is 16.4. The molecule has 112 valence electrons. The molecule has 0 radical (unpaired) electrons. The molecule has 1 aromatic carbocycles.